The van der Waals surface area contributed by atoms with E-state index in [9.17, 15) is 4.79 Å². The van der Waals surface area contributed by atoms with Crippen molar-refractivity contribution in [2.45, 2.75) is 26.4 Å². The standard InChI is InChI=1S/C20H28N2O3S/c1-14-9-16(10-15(2)20(14)25-13-19(23)24-5)11-21-12-17(22(3)4)18-7-6-8-26-18/h6-10,17,21H,11-13H2,1-5H3. The fourth-order valence-electron chi connectivity index (χ4n) is 2.93. The summed E-state index contributed by atoms with van der Waals surface area (Å²) in [6, 6.07) is 8.83. The van der Waals surface area contributed by atoms with E-state index in [1.54, 1.807) is 11.3 Å². The normalized spacial score (nSPS) is 12.2. The van der Waals surface area contributed by atoms with Crippen LogP contribution in [0, 0.1) is 13.8 Å². The molecule has 1 unspecified atom stereocenters. The number of aryl methyl sites for hydroxylation is 2. The summed E-state index contributed by atoms with van der Waals surface area (Å²) < 4.78 is 10.2. The Morgan fingerprint density at radius 3 is 2.50 bits per heavy atom. The Bertz CT molecular complexity index is 691. The van der Waals surface area contributed by atoms with E-state index < -0.39 is 0 Å². The molecule has 1 aromatic heterocycles. The minimum atomic E-state index is -0.377. The van der Waals surface area contributed by atoms with Crippen LogP contribution in [0.4, 0.5) is 0 Å². The van der Waals surface area contributed by atoms with Crippen molar-refractivity contribution >= 4 is 17.3 Å². The number of likely N-dealkylation sites (N-methyl/N-ethyl adjacent to an activating group) is 1. The molecule has 1 atom stereocenters. The highest BCUT2D eigenvalue weighted by molar-refractivity contribution is 7.10. The van der Waals surface area contributed by atoms with Gasteiger partial charge >= 0.3 is 5.97 Å². The van der Waals surface area contributed by atoms with Gasteiger partial charge in [0.2, 0.25) is 0 Å². The highest BCUT2D eigenvalue weighted by Gasteiger charge is 2.15. The summed E-state index contributed by atoms with van der Waals surface area (Å²) in [4.78, 5) is 14.9. The van der Waals surface area contributed by atoms with Crippen molar-refractivity contribution in [1.29, 1.82) is 0 Å². The molecule has 0 aliphatic rings. The summed E-state index contributed by atoms with van der Waals surface area (Å²) in [5.41, 5.74) is 3.25. The second-order valence-electron chi connectivity index (χ2n) is 6.55. The van der Waals surface area contributed by atoms with Crippen LogP contribution in [-0.2, 0) is 16.1 Å². The van der Waals surface area contributed by atoms with Crippen molar-refractivity contribution in [2.75, 3.05) is 34.4 Å². The van der Waals surface area contributed by atoms with Crippen LogP contribution in [0.5, 0.6) is 5.75 Å². The lowest BCUT2D eigenvalue weighted by Crippen LogP contribution is -2.30. The number of carbonyl (C=O) groups excluding carboxylic acids is 1. The molecule has 2 aromatic rings. The summed E-state index contributed by atoms with van der Waals surface area (Å²) >= 11 is 1.79. The maximum Gasteiger partial charge on any atom is 0.343 e. The van der Waals surface area contributed by atoms with Gasteiger partial charge in [0.1, 0.15) is 5.75 Å². The molecular formula is C20H28N2O3S. The Morgan fingerprint density at radius 2 is 1.96 bits per heavy atom. The lowest BCUT2D eigenvalue weighted by atomic mass is 10.1. The van der Waals surface area contributed by atoms with E-state index in [4.69, 9.17) is 4.74 Å². The van der Waals surface area contributed by atoms with Crippen LogP contribution in [-0.4, -0.2) is 45.2 Å². The molecule has 0 radical (unpaired) electrons. The minimum absolute atomic E-state index is 0.0683. The Morgan fingerprint density at radius 1 is 1.27 bits per heavy atom. The van der Waals surface area contributed by atoms with Crippen LogP contribution < -0.4 is 10.1 Å². The number of methoxy groups -OCH3 is 1. The van der Waals surface area contributed by atoms with E-state index in [1.165, 1.54) is 17.6 Å². The smallest absolute Gasteiger partial charge is 0.343 e. The molecule has 1 aromatic carbocycles. The zero-order valence-electron chi connectivity index (χ0n) is 16.2. The maximum absolute atomic E-state index is 11.3. The summed E-state index contributed by atoms with van der Waals surface area (Å²) in [5.74, 6) is 0.377. The monoisotopic (exact) mass is 376 g/mol. The molecule has 0 fully saturated rings. The average molecular weight is 377 g/mol. The van der Waals surface area contributed by atoms with Gasteiger partial charge in [-0.2, -0.15) is 0 Å². The number of rotatable bonds is 9. The van der Waals surface area contributed by atoms with Crippen LogP contribution in [0.15, 0.2) is 29.6 Å². The van der Waals surface area contributed by atoms with Crippen molar-refractivity contribution in [3.05, 3.63) is 51.2 Å². The second-order valence-corrected chi connectivity index (χ2v) is 7.53. The third-order valence-electron chi connectivity index (χ3n) is 4.24. The van der Waals surface area contributed by atoms with E-state index in [2.05, 4.69) is 58.7 Å². The van der Waals surface area contributed by atoms with Crippen molar-refractivity contribution in [3.8, 4) is 5.75 Å². The first-order valence-corrected chi connectivity index (χ1v) is 9.50. The van der Waals surface area contributed by atoms with E-state index >= 15 is 0 Å². The first-order valence-electron chi connectivity index (χ1n) is 8.62. The van der Waals surface area contributed by atoms with Crippen LogP contribution in [0.1, 0.15) is 27.6 Å². The molecule has 5 nitrogen and oxygen atoms in total. The van der Waals surface area contributed by atoms with Gasteiger partial charge in [-0.15, -0.1) is 11.3 Å². The maximum atomic E-state index is 11.3. The highest BCUT2D eigenvalue weighted by Crippen LogP contribution is 2.25. The molecule has 1 heterocycles. The van der Waals surface area contributed by atoms with E-state index in [0.717, 1.165) is 30.0 Å². The average Bonchev–Trinajstić information content (AvgIpc) is 3.11. The van der Waals surface area contributed by atoms with Gasteiger partial charge in [-0.3, -0.25) is 0 Å². The van der Waals surface area contributed by atoms with E-state index in [0.29, 0.717) is 6.04 Å². The van der Waals surface area contributed by atoms with Crippen LogP contribution in [0.3, 0.4) is 0 Å². The minimum Gasteiger partial charge on any atom is -0.481 e. The van der Waals surface area contributed by atoms with Gasteiger partial charge in [-0.25, -0.2) is 4.79 Å². The summed E-state index contributed by atoms with van der Waals surface area (Å²) in [6.07, 6.45) is 0. The van der Waals surface area contributed by atoms with Gasteiger partial charge in [0.05, 0.1) is 13.2 Å². The van der Waals surface area contributed by atoms with Gasteiger partial charge < -0.3 is 19.7 Å². The van der Waals surface area contributed by atoms with Gasteiger partial charge in [-0.05, 0) is 56.1 Å². The topological polar surface area (TPSA) is 50.8 Å². The number of esters is 1. The third kappa shape index (κ3) is 5.56. The van der Waals surface area contributed by atoms with Crippen LogP contribution in [0.25, 0.3) is 0 Å². The number of nitrogens with zero attached hydrogens (tertiary/aromatic N) is 1. The van der Waals surface area contributed by atoms with Gasteiger partial charge in [0.15, 0.2) is 6.61 Å². The lowest BCUT2D eigenvalue weighted by molar-refractivity contribution is -0.142. The number of nitrogens with one attached hydrogen (secondary N) is 1. The Hall–Kier alpha value is -1.89. The Balaban J connectivity index is 1.96. The molecule has 2 rings (SSSR count). The molecule has 0 saturated heterocycles. The number of hydrogen-bond acceptors (Lipinski definition) is 6. The molecule has 6 heteroatoms. The van der Waals surface area contributed by atoms with Crippen LogP contribution >= 0.6 is 11.3 Å². The Kier molecular flexibility index (Phi) is 7.63. The quantitative estimate of drug-likeness (QED) is 0.681. The molecule has 0 amide bonds. The number of thiophene rings is 1. The second kappa shape index (κ2) is 9.71. The summed E-state index contributed by atoms with van der Waals surface area (Å²) in [6.45, 7) is 5.59. The number of hydrogen-bond donors (Lipinski definition) is 1. The SMILES string of the molecule is COC(=O)COc1c(C)cc(CNCC(c2cccs2)N(C)C)cc1C. The summed E-state index contributed by atoms with van der Waals surface area (Å²) in [7, 11) is 5.57. The van der Waals surface area contributed by atoms with Crippen molar-refractivity contribution in [3.63, 3.8) is 0 Å². The predicted octanol–water partition coefficient (Wildman–Crippen LogP) is 3.31. The van der Waals surface area contributed by atoms with Gasteiger partial charge in [0.25, 0.3) is 0 Å². The van der Waals surface area contributed by atoms with Crippen molar-refractivity contribution in [1.82, 2.24) is 10.2 Å². The predicted molar refractivity (Wildman–Crippen MR) is 106 cm³/mol. The van der Waals surface area contributed by atoms with Crippen LogP contribution in [0.2, 0.25) is 0 Å². The van der Waals surface area contributed by atoms with E-state index in [-0.39, 0.29) is 12.6 Å². The molecule has 0 spiro atoms. The zero-order valence-corrected chi connectivity index (χ0v) is 17.0. The Labute approximate surface area is 159 Å². The molecule has 26 heavy (non-hydrogen) atoms. The first-order chi connectivity index (χ1) is 12.4. The van der Waals surface area contributed by atoms with Crippen molar-refractivity contribution < 1.29 is 14.3 Å². The van der Waals surface area contributed by atoms with Gasteiger partial charge in [-0.1, -0.05) is 18.2 Å². The highest BCUT2D eigenvalue weighted by atomic mass is 32.1. The molecule has 0 bridgehead atoms. The zero-order chi connectivity index (χ0) is 19.1. The lowest BCUT2D eigenvalue weighted by Gasteiger charge is -2.24. The molecular weight excluding hydrogens is 348 g/mol. The van der Waals surface area contributed by atoms with Gasteiger partial charge in [0, 0.05) is 18.0 Å². The number of carbonyl (C=O) groups is 1. The fourth-order valence-corrected chi connectivity index (χ4v) is 3.85. The molecule has 0 saturated carbocycles. The molecule has 0 aliphatic heterocycles. The largest absolute Gasteiger partial charge is 0.481 e. The first kappa shape index (κ1) is 20.4. The fraction of sp³-hybridized carbons (Fsp3) is 0.450. The molecule has 0 aliphatic carbocycles. The number of benzene rings is 1. The molecule has 142 valence electrons. The van der Waals surface area contributed by atoms with Crippen molar-refractivity contribution in [2.24, 2.45) is 0 Å². The third-order valence-corrected chi connectivity index (χ3v) is 5.22. The number of ether oxygens (including phenoxy) is 2. The van der Waals surface area contributed by atoms with E-state index in [1.807, 2.05) is 13.8 Å². The summed E-state index contributed by atoms with van der Waals surface area (Å²) in [5, 5.41) is 5.67. The molecule has 1 N–H and O–H groups in total.